The van der Waals surface area contributed by atoms with Crippen LogP contribution in [0.25, 0.3) is 0 Å². The summed E-state index contributed by atoms with van der Waals surface area (Å²) in [7, 11) is 0. The second-order valence-corrected chi connectivity index (χ2v) is 6.51. The minimum Gasteiger partial charge on any atom is -0.330 e. The second kappa shape index (κ2) is 6.60. The zero-order valence-electron chi connectivity index (χ0n) is 11.4. The predicted octanol–water partition coefficient (Wildman–Crippen LogP) is 2.76. The van der Waals surface area contributed by atoms with Crippen LogP contribution in [-0.2, 0) is 0 Å². The van der Waals surface area contributed by atoms with Crippen LogP contribution >= 0.6 is 11.8 Å². The molecule has 0 saturated carbocycles. The van der Waals surface area contributed by atoms with Crippen LogP contribution in [0.15, 0.2) is 29.2 Å². The van der Waals surface area contributed by atoms with E-state index in [-0.39, 0.29) is 0 Å². The molecular weight excluding hydrogens is 240 g/mol. The Morgan fingerprint density at radius 2 is 2.06 bits per heavy atom. The van der Waals surface area contributed by atoms with Gasteiger partial charge >= 0.3 is 0 Å². The number of aryl methyl sites for hydroxylation is 1. The van der Waals surface area contributed by atoms with E-state index in [0.717, 1.165) is 6.54 Å². The number of likely N-dealkylation sites (tertiary alicyclic amines) is 1. The minimum absolute atomic E-state index is 0.706. The Bertz CT molecular complexity index is 363. The first-order valence-corrected chi connectivity index (χ1v) is 7.81. The highest BCUT2D eigenvalue weighted by atomic mass is 32.2. The molecule has 3 heteroatoms. The van der Waals surface area contributed by atoms with E-state index in [4.69, 9.17) is 5.73 Å². The van der Waals surface area contributed by atoms with E-state index in [1.165, 1.54) is 35.7 Å². The molecule has 1 aromatic carbocycles. The van der Waals surface area contributed by atoms with Gasteiger partial charge in [0.2, 0.25) is 0 Å². The van der Waals surface area contributed by atoms with Gasteiger partial charge in [0.05, 0.1) is 0 Å². The van der Waals surface area contributed by atoms with Gasteiger partial charge in [-0.3, -0.25) is 4.90 Å². The van der Waals surface area contributed by atoms with E-state index in [9.17, 15) is 0 Å². The molecule has 1 aliphatic heterocycles. The molecule has 18 heavy (non-hydrogen) atoms. The van der Waals surface area contributed by atoms with Crippen molar-refractivity contribution in [3.8, 4) is 0 Å². The summed E-state index contributed by atoms with van der Waals surface area (Å²) in [5, 5.41) is 0. The predicted molar refractivity (Wildman–Crippen MR) is 80.1 cm³/mol. The van der Waals surface area contributed by atoms with E-state index in [1.54, 1.807) is 0 Å². The van der Waals surface area contributed by atoms with E-state index in [0.29, 0.717) is 12.0 Å². The van der Waals surface area contributed by atoms with Crippen LogP contribution in [0.4, 0.5) is 0 Å². The Balaban J connectivity index is 1.74. The molecule has 0 bridgehead atoms. The third kappa shape index (κ3) is 3.74. The molecule has 1 saturated heterocycles. The molecule has 0 spiro atoms. The number of thioether (sulfide) groups is 1. The standard InChI is InChI=1S/C15H24N2S/c1-12-3-5-15(6-4-12)18-8-7-17-11-14(10-16)9-13(17)2/h3-6,13-14H,7-11,16H2,1-2H3. The van der Waals surface area contributed by atoms with Gasteiger partial charge in [0.1, 0.15) is 0 Å². The molecule has 100 valence electrons. The van der Waals surface area contributed by atoms with Crippen molar-refractivity contribution in [1.29, 1.82) is 0 Å². The van der Waals surface area contributed by atoms with Crippen LogP contribution in [-0.4, -0.2) is 36.3 Å². The highest BCUT2D eigenvalue weighted by Gasteiger charge is 2.27. The Labute approximate surface area is 115 Å². The number of hydrogen-bond acceptors (Lipinski definition) is 3. The fourth-order valence-corrected chi connectivity index (χ4v) is 3.51. The lowest BCUT2D eigenvalue weighted by Gasteiger charge is -2.20. The molecule has 2 rings (SSSR count). The van der Waals surface area contributed by atoms with Gasteiger partial charge < -0.3 is 5.73 Å². The van der Waals surface area contributed by atoms with Gasteiger partial charge in [-0.1, -0.05) is 17.7 Å². The molecule has 1 heterocycles. The van der Waals surface area contributed by atoms with Gasteiger partial charge in [0.15, 0.2) is 0 Å². The highest BCUT2D eigenvalue weighted by Crippen LogP contribution is 2.24. The van der Waals surface area contributed by atoms with Crippen molar-refractivity contribution >= 4 is 11.8 Å². The lowest BCUT2D eigenvalue weighted by Crippen LogP contribution is -2.30. The van der Waals surface area contributed by atoms with Crippen molar-refractivity contribution in [2.45, 2.75) is 31.2 Å². The Hall–Kier alpha value is -0.510. The molecule has 0 amide bonds. The molecule has 1 aromatic rings. The maximum atomic E-state index is 5.76. The van der Waals surface area contributed by atoms with Gasteiger partial charge in [0.25, 0.3) is 0 Å². The second-order valence-electron chi connectivity index (χ2n) is 5.34. The smallest absolute Gasteiger partial charge is 0.0108 e. The summed E-state index contributed by atoms with van der Waals surface area (Å²) in [6.45, 7) is 7.66. The first-order valence-electron chi connectivity index (χ1n) is 6.82. The Morgan fingerprint density at radius 1 is 1.33 bits per heavy atom. The van der Waals surface area contributed by atoms with E-state index >= 15 is 0 Å². The van der Waals surface area contributed by atoms with Crippen LogP contribution in [0.2, 0.25) is 0 Å². The topological polar surface area (TPSA) is 29.3 Å². The van der Waals surface area contributed by atoms with Crippen molar-refractivity contribution in [2.75, 3.05) is 25.4 Å². The number of nitrogens with two attached hydrogens (primary N) is 1. The molecule has 0 aromatic heterocycles. The van der Waals surface area contributed by atoms with Crippen molar-refractivity contribution in [3.63, 3.8) is 0 Å². The van der Waals surface area contributed by atoms with Crippen LogP contribution < -0.4 is 5.73 Å². The Morgan fingerprint density at radius 3 is 2.67 bits per heavy atom. The van der Waals surface area contributed by atoms with Crippen molar-refractivity contribution in [1.82, 2.24) is 4.90 Å². The van der Waals surface area contributed by atoms with Crippen molar-refractivity contribution < 1.29 is 0 Å². The van der Waals surface area contributed by atoms with E-state index in [2.05, 4.69) is 43.0 Å². The highest BCUT2D eigenvalue weighted by molar-refractivity contribution is 7.99. The third-order valence-corrected chi connectivity index (χ3v) is 4.78. The fraction of sp³-hybridized carbons (Fsp3) is 0.600. The average Bonchev–Trinajstić information content (AvgIpc) is 2.73. The molecule has 0 radical (unpaired) electrons. The molecule has 1 aliphatic rings. The fourth-order valence-electron chi connectivity index (χ4n) is 2.62. The maximum Gasteiger partial charge on any atom is 0.0108 e. The summed E-state index contributed by atoms with van der Waals surface area (Å²) < 4.78 is 0. The largest absolute Gasteiger partial charge is 0.330 e. The molecule has 2 N–H and O–H groups in total. The zero-order chi connectivity index (χ0) is 13.0. The van der Waals surface area contributed by atoms with Crippen LogP contribution in [0.5, 0.6) is 0 Å². The lowest BCUT2D eigenvalue weighted by molar-refractivity contribution is 0.281. The summed E-state index contributed by atoms with van der Waals surface area (Å²) in [4.78, 5) is 3.96. The first kappa shape index (κ1) is 13.9. The SMILES string of the molecule is Cc1ccc(SCCN2CC(CN)CC2C)cc1. The summed E-state index contributed by atoms with van der Waals surface area (Å²) in [6, 6.07) is 9.51. The molecular formula is C15H24N2S. The van der Waals surface area contributed by atoms with E-state index < -0.39 is 0 Å². The summed E-state index contributed by atoms with van der Waals surface area (Å²) >= 11 is 1.95. The maximum absolute atomic E-state index is 5.76. The normalized spacial score (nSPS) is 24.6. The monoisotopic (exact) mass is 264 g/mol. The zero-order valence-corrected chi connectivity index (χ0v) is 12.2. The number of rotatable bonds is 5. The summed E-state index contributed by atoms with van der Waals surface area (Å²) in [5.74, 6) is 1.88. The van der Waals surface area contributed by atoms with E-state index in [1.807, 2.05) is 11.8 Å². The van der Waals surface area contributed by atoms with Gasteiger partial charge in [-0.15, -0.1) is 11.8 Å². The first-order chi connectivity index (χ1) is 8.69. The molecule has 2 atom stereocenters. The molecule has 0 aliphatic carbocycles. The number of benzene rings is 1. The van der Waals surface area contributed by atoms with Crippen LogP contribution in [0, 0.1) is 12.8 Å². The van der Waals surface area contributed by atoms with Gasteiger partial charge in [-0.2, -0.15) is 0 Å². The van der Waals surface area contributed by atoms with Gasteiger partial charge in [-0.25, -0.2) is 0 Å². The quantitative estimate of drug-likeness (QED) is 0.829. The molecule has 1 fully saturated rings. The molecule has 2 nitrogen and oxygen atoms in total. The van der Waals surface area contributed by atoms with Gasteiger partial charge in [-0.05, 0) is 44.9 Å². The Kier molecular flexibility index (Phi) is 5.10. The average molecular weight is 264 g/mol. The lowest BCUT2D eigenvalue weighted by atomic mass is 10.1. The summed E-state index contributed by atoms with van der Waals surface area (Å²) in [5.41, 5.74) is 7.09. The van der Waals surface area contributed by atoms with Gasteiger partial charge in [0, 0.05) is 29.8 Å². The van der Waals surface area contributed by atoms with Crippen LogP contribution in [0.1, 0.15) is 18.9 Å². The summed E-state index contributed by atoms with van der Waals surface area (Å²) in [6.07, 6.45) is 1.27. The minimum atomic E-state index is 0.706. The van der Waals surface area contributed by atoms with Crippen molar-refractivity contribution in [3.05, 3.63) is 29.8 Å². The number of nitrogens with zero attached hydrogens (tertiary/aromatic N) is 1. The van der Waals surface area contributed by atoms with Crippen LogP contribution in [0.3, 0.4) is 0 Å². The third-order valence-electron chi connectivity index (χ3n) is 3.79. The van der Waals surface area contributed by atoms with Crippen molar-refractivity contribution in [2.24, 2.45) is 11.7 Å². The number of hydrogen-bond donors (Lipinski definition) is 1. The molecule has 2 unspecified atom stereocenters.